The number of hydrogen-bond acceptors (Lipinski definition) is 4. The molecule has 18 heavy (non-hydrogen) atoms. The maximum Gasteiger partial charge on any atom is 0.410 e. The van der Waals surface area contributed by atoms with E-state index in [2.05, 4.69) is 5.10 Å². The summed E-state index contributed by atoms with van der Waals surface area (Å²) in [6.07, 6.45) is 0.284. The number of fused-ring (bicyclic) bond motifs is 1. The van der Waals surface area contributed by atoms with E-state index in [1.165, 1.54) is 5.01 Å². The molecule has 0 unspecified atom stereocenters. The molecule has 2 aliphatic heterocycles. The van der Waals surface area contributed by atoms with Crippen LogP contribution >= 0.6 is 0 Å². The number of hydrazone groups is 1. The summed E-state index contributed by atoms with van der Waals surface area (Å²) >= 11 is 0. The summed E-state index contributed by atoms with van der Waals surface area (Å²) in [7, 11) is 1.64. The van der Waals surface area contributed by atoms with Gasteiger partial charge in [0.2, 0.25) is 0 Å². The maximum absolute atomic E-state index is 11.9. The van der Waals surface area contributed by atoms with Gasteiger partial charge in [-0.2, -0.15) is 5.10 Å². The van der Waals surface area contributed by atoms with Gasteiger partial charge in [-0.15, -0.1) is 0 Å². The molecule has 0 N–H and O–H groups in total. The third kappa shape index (κ3) is 2.47. The van der Waals surface area contributed by atoms with Gasteiger partial charge in [0.15, 0.2) is 0 Å². The van der Waals surface area contributed by atoms with E-state index in [0.717, 1.165) is 5.71 Å². The average molecular weight is 253 g/mol. The predicted molar refractivity (Wildman–Crippen MR) is 66.1 cm³/mol. The van der Waals surface area contributed by atoms with Crippen LogP contribution in [0.3, 0.4) is 0 Å². The normalized spacial score (nSPS) is 23.9. The van der Waals surface area contributed by atoms with Gasteiger partial charge in [-0.3, -0.25) is 4.79 Å². The molecule has 6 heteroatoms. The molecule has 1 atom stereocenters. The Bertz CT molecular complexity index is 411. The second-order valence-electron chi connectivity index (χ2n) is 5.70. The van der Waals surface area contributed by atoms with E-state index in [1.807, 2.05) is 20.8 Å². The minimum absolute atomic E-state index is 0.0221. The van der Waals surface area contributed by atoms with E-state index in [1.54, 1.807) is 11.9 Å². The summed E-state index contributed by atoms with van der Waals surface area (Å²) in [6.45, 7) is 6.43. The van der Waals surface area contributed by atoms with Crippen LogP contribution in [0.2, 0.25) is 0 Å². The average Bonchev–Trinajstić information content (AvgIpc) is 2.52. The molecule has 100 valence electrons. The van der Waals surface area contributed by atoms with E-state index >= 15 is 0 Å². The van der Waals surface area contributed by atoms with Crippen molar-refractivity contribution >= 4 is 17.7 Å². The summed E-state index contributed by atoms with van der Waals surface area (Å²) in [4.78, 5) is 25.2. The third-order valence-corrected chi connectivity index (χ3v) is 2.99. The lowest BCUT2D eigenvalue weighted by Gasteiger charge is -2.31. The first kappa shape index (κ1) is 12.9. The van der Waals surface area contributed by atoms with Crippen LogP contribution in [0.25, 0.3) is 0 Å². The van der Waals surface area contributed by atoms with Gasteiger partial charge < -0.3 is 9.64 Å². The molecule has 2 amide bonds. The van der Waals surface area contributed by atoms with Gasteiger partial charge in [0.05, 0.1) is 18.2 Å². The van der Waals surface area contributed by atoms with Gasteiger partial charge in [0, 0.05) is 13.6 Å². The number of nitrogens with zero attached hydrogens (tertiary/aromatic N) is 3. The molecule has 1 saturated heterocycles. The van der Waals surface area contributed by atoms with E-state index < -0.39 is 5.60 Å². The molecular weight excluding hydrogens is 234 g/mol. The summed E-state index contributed by atoms with van der Waals surface area (Å²) in [5.41, 5.74) is 0.262. The Labute approximate surface area is 107 Å². The summed E-state index contributed by atoms with van der Waals surface area (Å²) in [5, 5.41) is 5.53. The van der Waals surface area contributed by atoms with Gasteiger partial charge in [-0.1, -0.05) is 0 Å². The molecule has 0 radical (unpaired) electrons. The lowest BCUT2D eigenvalue weighted by atomic mass is 9.95. The topological polar surface area (TPSA) is 62.2 Å². The zero-order valence-corrected chi connectivity index (χ0v) is 11.3. The predicted octanol–water partition coefficient (Wildman–Crippen LogP) is 1.07. The Balaban J connectivity index is 2.02. The molecule has 2 aliphatic rings. The molecule has 0 aromatic carbocycles. The van der Waals surface area contributed by atoms with Crippen molar-refractivity contribution in [3.05, 3.63) is 0 Å². The number of piperidine rings is 1. The van der Waals surface area contributed by atoms with E-state index in [9.17, 15) is 9.59 Å². The molecule has 0 bridgehead atoms. The zero-order chi connectivity index (χ0) is 13.5. The van der Waals surface area contributed by atoms with Crippen LogP contribution in [0.15, 0.2) is 5.10 Å². The first-order valence-electron chi connectivity index (χ1n) is 6.11. The number of carbonyl (C=O) groups is 2. The van der Waals surface area contributed by atoms with Crippen molar-refractivity contribution in [3.8, 4) is 0 Å². The van der Waals surface area contributed by atoms with Crippen molar-refractivity contribution in [2.75, 3.05) is 20.1 Å². The van der Waals surface area contributed by atoms with Gasteiger partial charge in [-0.25, -0.2) is 9.80 Å². The molecule has 2 rings (SSSR count). The SMILES string of the molecule is CN1N=C2CN(C(=O)OC(C)(C)C)CC[C@H]2C1=O. The Morgan fingerprint density at radius 2 is 2.11 bits per heavy atom. The molecular formula is C12H19N3O3. The lowest BCUT2D eigenvalue weighted by molar-refractivity contribution is -0.130. The first-order valence-corrected chi connectivity index (χ1v) is 6.11. The second-order valence-corrected chi connectivity index (χ2v) is 5.70. The van der Waals surface area contributed by atoms with Crippen molar-refractivity contribution in [1.82, 2.24) is 9.91 Å². The summed E-state index contributed by atoms with van der Waals surface area (Å²) in [6, 6.07) is 0. The fraction of sp³-hybridized carbons (Fsp3) is 0.750. The first-order chi connectivity index (χ1) is 8.28. The van der Waals surface area contributed by atoms with Crippen molar-refractivity contribution in [2.24, 2.45) is 11.0 Å². The summed E-state index contributed by atoms with van der Waals surface area (Å²) in [5.74, 6) is -0.123. The van der Waals surface area contributed by atoms with Crippen molar-refractivity contribution in [1.29, 1.82) is 0 Å². The maximum atomic E-state index is 11.9. The monoisotopic (exact) mass is 253 g/mol. The number of amides is 2. The smallest absolute Gasteiger partial charge is 0.410 e. The minimum Gasteiger partial charge on any atom is -0.444 e. The number of carbonyl (C=O) groups excluding carboxylic acids is 2. The summed E-state index contributed by atoms with van der Waals surface area (Å²) < 4.78 is 5.31. The van der Waals surface area contributed by atoms with E-state index in [0.29, 0.717) is 19.5 Å². The second kappa shape index (κ2) is 4.26. The lowest BCUT2D eigenvalue weighted by Crippen LogP contribution is -2.46. The minimum atomic E-state index is -0.502. The molecule has 6 nitrogen and oxygen atoms in total. The highest BCUT2D eigenvalue weighted by atomic mass is 16.6. The highest BCUT2D eigenvalue weighted by Gasteiger charge is 2.39. The van der Waals surface area contributed by atoms with Crippen LogP contribution < -0.4 is 0 Å². The number of hydrogen-bond donors (Lipinski definition) is 0. The zero-order valence-electron chi connectivity index (χ0n) is 11.3. The van der Waals surface area contributed by atoms with E-state index in [-0.39, 0.29) is 17.9 Å². The van der Waals surface area contributed by atoms with Crippen LogP contribution in [0.5, 0.6) is 0 Å². The standard InChI is InChI=1S/C12H19N3O3/c1-12(2,3)18-11(17)15-6-5-8-9(7-15)13-14(4)10(8)16/h8H,5-7H2,1-4H3/t8-/m1/s1. The number of rotatable bonds is 0. The Kier molecular flexibility index (Phi) is 3.04. The Hall–Kier alpha value is -1.59. The fourth-order valence-corrected chi connectivity index (χ4v) is 2.15. The van der Waals surface area contributed by atoms with Crippen LogP contribution in [0.4, 0.5) is 4.79 Å². The van der Waals surface area contributed by atoms with Crippen LogP contribution in [0.1, 0.15) is 27.2 Å². The van der Waals surface area contributed by atoms with Crippen molar-refractivity contribution in [3.63, 3.8) is 0 Å². The fourth-order valence-electron chi connectivity index (χ4n) is 2.15. The van der Waals surface area contributed by atoms with Gasteiger partial charge in [0.1, 0.15) is 5.60 Å². The largest absolute Gasteiger partial charge is 0.444 e. The number of likely N-dealkylation sites (tertiary alicyclic amines) is 1. The van der Waals surface area contributed by atoms with Gasteiger partial charge in [0.25, 0.3) is 5.91 Å². The molecule has 0 saturated carbocycles. The molecule has 1 fully saturated rings. The third-order valence-electron chi connectivity index (χ3n) is 2.99. The molecule has 2 heterocycles. The van der Waals surface area contributed by atoms with Gasteiger partial charge in [-0.05, 0) is 27.2 Å². The van der Waals surface area contributed by atoms with Crippen LogP contribution in [-0.2, 0) is 9.53 Å². The highest BCUT2D eigenvalue weighted by molar-refractivity contribution is 6.09. The molecule has 0 aromatic rings. The quantitative estimate of drug-likeness (QED) is 0.648. The van der Waals surface area contributed by atoms with Crippen molar-refractivity contribution in [2.45, 2.75) is 32.8 Å². The van der Waals surface area contributed by atoms with Gasteiger partial charge >= 0.3 is 6.09 Å². The Morgan fingerprint density at radius 1 is 1.44 bits per heavy atom. The molecule has 0 aliphatic carbocycles. The number of ether oxygens (including phenoxy) is 1. The van der Waals surface area contributed by atoms with E-state index in [4.69, 9.17) is 4.74 Å². The highest BCUT2D eigenvalue weighted by Crippen LogP contribution is 2.24. The molecule has 0 spiro atoms. The van der Waals surface area contributed by atoms with Crippen molar-refractivity contribution < 1.29 is 14.3 Å². The molecule has 0 aromatic heterocycles. The van der Waals surface area contributed by atoms with Crippen LogP contribution in [-0.4, -0.2) is 53.4 Å². The van der Waals surface area contributed by atoms with Crippen LogP contribution in [0, 0.1) is 5.92 Å². The Morgan fingerprint density at radius 3 is 2.72 bits per heavy atom.